The van der Waals surface area contributed by atoms with Gasteiger partial charge in [0.05, 0.1) is 19.6 Å². The van der Waals surface area contributed by atoms with Crippen molar-refractivity contribution in [3.63, 3.8) is 0 Å². The number of amides is 1. The fourth-order valence-corrected chi connectivity index (χ4v) is 2.50. The van der Waals surface area contributed by atoms with Crippen molar-refractivity contribution in [3.05, 3.63) is 28.0 Å². The van der Waals surface area contributed by atoms with Crippen LogP contribution in [-0.2, 0) is 14.3 Å². The zero-order chi connectivity index (χ0) is 13.7. The van der Waals surface area contributed by atoms with Crippen molar-refractivity contribution >= 4 is 29.3 Å². The average molecular weight is 281 g/mol. The summed E-state index contributed by atoms with van der Waals surface area (Å²) in [6.45, 7) is 2.10. The second kappa shape index (κ2) is 6.49. The van der Waals surface area contributed by atoms with Gasteiger partial charge in [-0.3, -0.25) is 4.79 Å². The molecule has 19 heavy (non-hydrogen) atoms. The molecule has 0 radical (unpaired) electrons. The van der Waals surface area contributed by atoms with E-state index in [9.17, 15) is 9.59 Å². The summed E-state index contributed by atoms with van der Waals surface area (Å²) in [5, 5.41) is 11.0. The molecule has 0 spiro atoms. The highest BCUT2D eigenvalue weighted by Crippen LogP contribution is 2.16. The average Bonchev–Trinajstić information content (AvgIpc) is 2.91. The van der Waals surface area contributed by atoms with Gasteiger partial charge in [-0.25, -0.2) is 4.79 Å². The number of carbonyl (C=O) groups is 2. The molecule has 1 aromatic heterocycles. The quantitative estimate of drug-likeness (QED) is 0.849. The van der Waals surface area contributed by atoms with Crippen LogP contribution in [0.3, 0.4) is 0 Å². The van der Waals surface area contributed by atoms with Gasteiger partial charge in [0.15, 0.2) is 0 Å². The number of rotatable bonds is 4. The first kappa shape index (κ1) is 13.8. The lowest BCUT2D eigenvalue weighted by molar-refractivity contribution is -0.138. The molecule has 5 nitrogen and oxygen atoms in total. The number of carbonyl (C=O) groups excluding carboxylic acids is 1. The van der Waals surface area contributed by atoms with Gasteiger partial charge in [0.25, 0.3) is 0 Å². The Kier molecular flexibility index (Phi) is 4.70. The van der Waals surface area contributed by atoms with E-state index in [2.05, 4.69) is 0 Å². The topological polar surface area (TPSA) is 66.8 Å². The highest BCUT2D eigenvalue weighted by atomic mass is 32.1. The van der Waals surface area contributed by atoms with Gasteiger partial charge in [-0.05, 0) is 17.5 Å². The first-order chi connectivity index (χ1) is 9.16. The summed E-state index contributed by atoms with van der Waals surface area (Å²) < 4.78 is 5.16. The third-order valence-electron chi connectivity index (χ3n) is 2.84. The van der Waals surface area contributed by atoms with E-state index < -0.39 is 5.97 Å². The van der Waals surface area contributed by atoms with Crippen LogP contribution < -0.4 is 0 Å². The van der Waals surface area contributed by atoms with E-state index in [0.29, 0.717) is 26.3 Å². The molecule has 6 heteroatoms. The maximum atomic E-state index is 12.0. The summed E-state index contributed by atoms with van der Waals surface area (Å²) in [6.07, 6.45) is 1.48. The van der Waals surface area contributed by atoms with Crippen molar-refractivity contribution < 1.29 is 19.4 Å². The number of ether oxygens (including phenoxy) is 1. The Bertz CT molecular complexity index is 475. The van der Waals surface area contributed by atoms with Gasteiger partial charge in [0.1, 0.15) is 0 Å². The summed E-state index contributed by atoms with van der Waals surface area (Å²) in [4.78, 5) is 25.7. The van der Waals surface area contributed by atoms with Crippen LogP contribution in [0.2, 0.25) is 0 Å². The van der Waals surface area contributed by atoms with Crippen molar-refractivity contribution in [3.8, 4) is 0 Å². The van der Waals surface area contributed by atoms with Crippen LogP contribution in [0, 0.1) is 0 Å². The van der Waals surface area contributed by atoms with E-state index in [1.165, 1.54) is 11.3 Å². The number of nitrogens with zero attached hydrogens (tertiary/aromatic N) is 1. The van der Waals surface area contributed by atoms with Crippen LogP contribution in [0.5, 0.6) is 0 Å². The lowest BCUT2D eigenvalue weighted by Crippen LogP contribution is -2.41. The summed E-state index contributed by atoms with van der Waals surface area (Å²) in [5.74, 6) is -1.21. The molecule has 1 aromatic rings. The minimum Gasteiger partial charge on any atom is -0.478 e. The SMILES string of the molecule is O=C(O)/C(=C/c1cccs1)CC(=O)N1CCOCC1. The standard InChI is InChI=1S/C13H15NO4S/c15-12(14-3-5-18-6-4-14)9-10(13(16)17)8-11-2-1-7-19-11/h1-2,7-8H,3-6,9H2,(H,16,17)/b10-8+. The minimum atomic E-state index is -1.05. The molecular formula is C13H15NO4S. The maximum Gasteiger partial charge on any atom is 0.332 e. The van der Waals surface area contributed by atoms with Crippen LogP contribution >= 0.6 is 11.3 Å². The summed E-state index contributed by atoms with van der Waals surface area (Å²) >= 11 is 1.45. The van der Waals surface area contributed by atoms with Crippen molar-refractivity contribution in [1.29, 1.82) is 0 Å². The summed E-state index contributed by atoms with van der Waals surface area (Å²) in [5.41, 5.74) is 0.124. The Morgan fingerprint density at radius 3 is 2.74 bits per heavy atom. The molecule has 0 saturated carbocycles. The molecule has 0 aromatic carbocycles. The number of hydrogen-bond acceptors (Lipinski definition) is 4. The third kappa shape index (κ3) is 3.90. The van der Waals surface area contributed by atoms with Gasteiger partial charge in [-0.2, -0.15) is 0 Å². The maximum absolute atomic E-state index is 12.0. The molecule has 1 saturated heterocycles. The van der Waals surface area contributed by atoms with Crippen LogP contribution in [-0.4, -0.2) is 48.2 Å². The number of thiophene rings is 1. The Morgan fingerprint density at radius 1 is 1.42 bits per heavy atom. The predicted octanol–water partition coefficient (Wildman–Crippen LogP) is 1.46. The number of carboxylic acids is 1. The van der Waals surface area contributed by atoms with Crippen molar-refractivity contribution in [1.82, 2.24) is 4.90 Å². The molecule has 1 aliphatic rings. The number of morpholine rings is 1. The van der Waals surface area contributed by atoms with Crippen LogP contribution in [0.4, 0.5) is 0 Å². The fraction of sp³-hybridized carbons (Fsp3) is 0.385. The van der Waals surface area contributed by atoms with Gasteiger partial charge in [-0.1, -0.05) is 6.07 Å². The van der Waals surface area contributed by atoms with Crippen LogP contribution in [0.1, 0.15) is 11.3 Å². The molecule has 102 valence electrons. The zero-order valence-corrected chi connectivity index (χ0v) is 11.2. The van der Waals surface area contributed by atoms with E-state index in [4.69, 9.17) is 9.84 Å². The summed E-state index contributed by atoms with van der Waals surface area (Å²) in [7, 11) is 0. The van der Waals surface area contributed by atoms with Crippen molar-refractivity contribution in [2.45, 2.75) is 6.42 Å². The lowest BCUT2D eigenvalue weighted by Gasteiger charge is -2.26. The second-order valence-corrected chi connectivity index (χ2v) is 5.14. The number of carboxylic acid groups (broad SMARTS) is 1. The zero-order valence-electron chi connectivity index (χ0n) is 10.4. The monoisotopic (exact) mass is 281 g/mol. The first-order valence-corrected chi connectivity index (χ1v) is 6.87. The van der Waals surface area contributed by atoms with E-state index in [1.54, 1.807) is 11.0 Å². The molecule has 1 amide bonds. The Balaban J connectivity index is 2.04. The molecule has 2 heterocycles. The van der Waals surface area contributed by atoms with Gasteiger partial charge in [-0.15, -0.1) is 11.3 Å². The molecule has 1 fully saturated rings. The van der Waals surface area contributed by atoms with Gasteiger partial charge < -0.3 is 14.7 Å². The van der Waals surface area contributed by atoms with Crippen molar-refractivity contribution in [2.75, 3.05) is 26.3 Å². The molecule has 2 rings (SSSR count). The van der Waals surface area contributed by atoms with Gasteiger partial charge >= 0.3 is 5.97 Å². The smallest absolute Gasteiger partial charge is 0.332 e. The predicted molar refractivity (Wildman–Crippen MR) is 71.9 cm³/mol. The third-order valence-corrected chi connectivity index (χ3v) is 3.66. The van der Waals surface area contributed by atoms with Crippen LogP contribution in [0.15, 0.2) is 23.1 Å². The van der Waals surface area contributed by atoms with Crippen LogP contribution in [0.25, 0.3) is 6.08 Å². The fourth-order valence-electron chi connectivity index (χ4n) is 1.82. The second-order valence-electron chi connectivity index (χ2n) is 4.16. The minimum absolute atomic E-state index is 0.0762. The van der Waals surface area contributed by atoms with E-state index >= 15 is 0 Å². The Hall–Kier alpha value is -1.66. The highest BCUT2D eigenvalue weighted by molar-refractivity contribution is 7.10. The van der Waals surface area contributed by atoms with E-state index in [-0.39, 0.29) is 17.9 Å². The highest BCUT2D eigenvalue weighted by Gasteiger charge is 2.20. The largest absolute Gasteiger partial charge is 0.478 e. The molecule has 0 bridgehead atoms. The van der Waals surface area contributed by atoms with Gasteiger partial charge in [0, 0.05) is 23.5 Å². The molecule has 0 unspecified atom stereocenters. The molecule has 1 N–H and O–H groups in total. The first-order valence-electron chi connectivity index (χ1n) is 5.99. The molecule has 0 aliphatic carbocycles. The molecular weight excluding hydrogens is 266 g/mol. The van der Waals surface area contributed by atoms with Gasteiger partial charge in [0.2, 0.25) is 5.91 Å². The molecule has 1 aliphatic heterocycles. The van der Waals surface area contributed by atoms with E-state index in [0.717, 1.165) is 4.88 Å². The van der Waals surface area contributed by atoms with Crippen molar-refractivity contribution in [2.24, 2.45) is 0 Å². The number of hydrogen-bond donors (Lipinski definition) is 1. The Labute approximate surface area is 115 Å². The molecule has 0 atom stereocenters. The normalized spacial score (nSPS) is 16.4. The summed E-state index contributed by atoms with van der Waals surface area (Å²) in [6, 6.07) is 3.67. The lowest BCUT2D eigenvalue weighted by atomic mass is 10.1. The van der Waals surface area contributed by atoms with E-state index in [1.807, 2.05) is 17.5 Å². The number of aliphatic carboxylic acids is 1. The Morgan fingerprint density at radius 2 is 2.16 bits per heavy atom.